The summed E-state index contributed by atoms with van der Waals surface area (Å²) in [7, 11) is 0. The lowest BCUT2D eigenvalue weighted by Gasteiger charge is -2.25. The minimum Gasteiger partial charge on any atom is -0.465 e. The Morgan fingerprint density at radius 1 is 1.19 bits per heavy atom. The van der Waals surface area contributed by atoms with Crippen LogP contribution in [0.4, 0.5) is 5.69 Å². The molecule has 26 heavy (non-hydrogen) atoms. The smallest absolute Gasteiger partial charge is 0.323 e. The Labute approximate surface area is 153 Å². The molecule has 0 saturated carbocycles. The van der Waals surface area contributed by atoms with E-state index in [0.717, 1.165) is 0 Å². The fourth-order valence-electron chi connectivity index (χ4n) is 2.20. The van der Waals surface area contributed by atoms with E-state index in [9.17, 15) is 19.7 Å². The fourth-order valence-corrected chi connectivity index (χ4v) is 2.20. The van der Waals surface area contributed by atoms with Crippen molar-refractivity contribution in [1.82, 2.24) is 5.32 Å². The molecule has 0 spiro atoms. The number of nitrogens with zero attached hydrogens (tertiary/aromatic N) is 1. The quantitative estimate of drug-likeness (QED) is 0.427. The molecule has 0 aromatic heterocycles. The van der Waals surface area contributed by atoms with Crippen molar-refractivity contribution in [2.24, 2.45) is 0 Å². The molecular weight excluding hydrogens is 340 g/mol. The van der Waals surface area contributed by atoms with Crippen molar-refractivity contribution < 1.29 is 24.0 Å². The van der Waals surface area contributed by atoms with E-state index in [2.05, 4.69) is 5.32 Å². The third-order valence-electron chi connectivity index (χ3n) is 3.37. The lowest BCUT2D eigenvalue weighted by Crippen LogP contribution is -2.49. The second kappa shape index (κ2) is 9.28. The first kappa shape index (κ1) is 21.6. The Bertz CT molecular complexity index is 636. The second-order valence-corrected chi connectivity index (χ2v) is 6.85. The second-order valence-electron chi connectivity index (χ2n) is 6.85. The summed E-state index contributed by atoms with van der Waals surface area (Å²) in [6.45, 7) is 8.79. The third kappa shape index (κ3) is 7.18. The van der Waals surface area contributed by atoms with Crippen molar-refractivity contribution in [3.8, 4) is 0 Å². The number of carbonyl (C=O) groups excluding carboxylic acids is 2. The molecule has 1 aromatic carbocycles. The van der Waals surface area contributed by atoms with Crippen molar-refractivity contribution in [2.45, 2.75) is 58.7 Å². The molecule has 144 valence electrons. The Hall–Kier alpha value is -2.48. The number of hydrogen-bond acceptors (Lipinski definition) is 7. The number of nitro groups is 1. The first-order valence-electron chi connectivity index (χ1n) is 8.42. The van der Waals surface area contributed by atoms with Crippen LogP contribution in [0.1, 0.15) is 40.2 Å². The van der Waals surface area contributed by atoms with Crippen LogP contribution < -0.4 is 5.32 Å². The molecule has 0 aliphatic carbocycles. The van der Waals surface area contributed by atoms with Crippen LogP contribution in [0.5, 0.6) is 0 Å². The normalized spacial score (nSPS) is 13.6. The van der Waals surface area contributed by atoms with Gasteiger partial charge in [-0.25, -0.2) is 0 Å². The summed E-state index contributed by atoms with van der Waals surface area (Å²) in [5.74, 6) is -0.975. The van der Waals surface area contributed by atoms with E-state index in [0.29, 0.717) is 5.56 Å². The number of rotatable bonds is 8. The summed E-state index contributed by atoms with van der Waals surface area (Å²) in [4.78, 5) is 34.6. The maximum absolute atomic E-state index is 12.2. The van der Waals surface area contributed by atoms with Gasteiger partial charge in [-0.3, -0.25) is 25.0 Å². The SMILES string of the molecule is CCOC(=O)[C@H](Cc1ccc([N+](=O)[O-])cc1)N[C@H](C)C(=O)OC(C)(C)C. The average molecular weight is 366 g/mol. The van der Waals surface area contributed by atoms with Crippen molar-refractivity contribution in [3.63, 3.8) is 0 Å². The molecular formula is C18H26N2O6. The number of esters is 2. The van der Waals surface area contributed by atoms with Crippen LogP contribution in [-0.4, -0.2) is 41.2 Å². The predicted molar refractivity (Wildman–Crippen MR) is 95.7 cm³/mol. The van der Waals surface area contributed by atoms with Crippen molar-refractivity contribution in [2.75, 3.05) is 6.61 Å². The molecule has 0 amide bonds. The number of benzene rings is 1. The minimum absolute atomic E-state index is 0.0310. The summed E-state index contributed by atoms with van der Waals surface area (Å²) >= 11 is 0. The monoisotopic (exact) mass is 366 g/mol. The Morgan fingerprint density at radius 3 is 2.23 bits per heavy atom. The van der Waals surface area contributed by atoms with E-state index in [4.69, 9.17) is 9.47 Å². The Morgan fingerprint density at radius 2 is 1.77 bits per heavy atom. The molecule has 1 aromatic rings. The zero-order chi connectivity index (χ0) is 19.9. The van der Waals surface area contributed by atoms with E-state index in [1.165, 1.54) is 12.1 Å². The number of nitrogens with one attached hydrogen (secondary N) is 1. The van der Waals surface area contributed by atoms with Gasteiger partial charge in [0.15, 0.2) is 0 Å². The highest BCUT2D eigenvalue weighted by molar-refractivity contribution is 5.79. The molecule has 0 aliphatic rings. The molecule has 0 bridgehead atoms. The maximum Gasteiger partial charge on any atom is 0.323 e. The van der Waals surface area contributed by atoms with Crippen molar-refractivity contribution >= 4 is 17.6 Å². The molecule has 1 rings (SSSR count). The summed E-state index contributed by atoms with van der Waals surface area (Å²) in [6.07, 6.45) is 0.226. The number of non-ortho nitro benzene ring substituents is 1. The fraction of sp³-hybridized carbons (Fsp3) is 0.556. The highest BCUT2D eigenvalue weighted by Crippen LogP contribution is 2.14. The highest BCUT2D eigenvalue weighted by atomic mass is 16.6. The Balaban J connectivity index is 2.86. The topological polar surface area (TPSA) is 108 Å². The zero-order valence-electron chi connectivity index (χ0n) is 15.8. The van der Waals surface area contributed by atoms with Gasteiger partial charge in [0.1, 0.15) is 17.7 Å². The van der Waals surface area contributed by atoms with Gasteiger partial charge < -0.3 is 9.47 Å². The van der Waals surface area contributed by atoms with Gasteiger partial charge in [0, 0.05) is 12.1 Å². The van der Waals surface area contributed by atoms with Crippen LogP contribution in [0.3, 0.4) is 0 Å². The first-order valence-corrected chi connectivity index (χ1v) is 8.42. The van der Waals surface area contributed by atoms with E-state index in [1.807, 2.05) is 0 Å². The van der Waals surface area contributed by atoms with Crippen molar-refractivity contribution in [3.05, 3.63) is 39.9 Å². The molecule has 0 heterocycles. The third-order valence-corrected chi connectivity index (χ3v) is 3.37. The van der Waals surface area contributed by atoms with Gasteiger partial charge in [0.25, 0.3) is 5.69 Å². The zero-order valence-corrected chi connectivity index (χ0v) is 15.8. The number of nitro benzene ring substituents is 1. The summed E-state index contributed by atoms with van der Waals surface area (Å²) in [5.41, 5.74) is 0.0409. The Kier molecular flexibility index (Phi) is 7.70. The van der Waals surface area contributed by atoms with Gasteiger partial charge in [0.05, 0.1) is 11.5 Å². The molecule has 0 radical (unpaired) electrons. The number of hydrogen-bond donors (Lipinski definition) is 1. The van der Waals surface area contributed by atoms with Crippen LogP contribution in [0.15, 0.2) is 24.3 Å². The van der Waals surface area contributed by atoms with Crippen LogP contribution >= 0.6 is 0 Å². The van der Waals surface area contributed by atoms with E-state index in [-0.39, 0.29) is 18.7 Å². The van der Waals surface area contributed by atoms with Crippen molar-refractivity contribution in [1.29, 1.82) is 0 Å². The molecule has 1 N–H and O–H groups in total. The molecule has 0 unspecified atom stereocenters. The van der Waals surface area contributed by atoms with Gasteiger partial charge >= 0.3 is 11.9 Å². The van der Waals surface area contributed by atoms with E-state index >= 15 is 0 Å². The van der Waals surface area contributed by atoms with Crippen LogP contribution in [0.2, 0.25) is 0 Å². The summed E-state index contributed by atoms with van der Waals surface area (Å²) in [6, 6.07) is 4.39. The molecule has 0 aliphatic heterocycles. The molecule has 0 saturated heterocycles. The standard InChI is InChI=1S/C18H26N2O6/c1-6-25-17(22)15(19-12(2)16(21)26-18(3,4)5)11-13-7-9-14(10-8-13)20(23)24/h7-10,12,15,19H,6,11H2,1-5H3/t12-,15+/m1/s1. The highest BCUT2D eigenvalue weighted by Gasteiger charge is 2.28. The number of carbonyl (C=O) groups is 2. The van der Waals surface area contributed by atoms with Gasteiger partial charge in [-0.15, -0.1) is 0 Å². The van der Waals surface area contributed by atoms with Crippen LogP contribution in [0.25, 0.3) is 0 Å². The van der Waals surface area contributed by atoms with Gasteiger partial charge in [0.2, 0.25) is 0 Å². The van der Waals surface area contributed by atoms with Gasteiger partial charge in [-0.1, -0.05) is 12.1 Å². The van der Waals surface area contributed by atoms with Gasteiger partial charge in [-0.05, 0) is 46.6 Å². The molecule has 8 heteroatoms. The predicted octanol–water partition coefficient (Wildman–Crippen LogP) is 2.39. The van der Waals surface area contributed by atoms with Gasteiger partial charge in [-0.2, -0.15) is 0 Å². The van der Waals surface area contributed by atoms with Crippen LogP contribution in [-0.2, 0) is 25.5 Å². The number of ether oxygens (including phenoxy) is 2. The average Bonchev–Trinajstić information content (AvgIpc) is 2.53. The maximum atomic E-state index is 12.2. The first-order chi connectivity index (χ1) is 12.0. The summed E-state index contributed by atoms with van der Waals surface area (Å²) < 4.78 is 10.4. The summed E-state index contributed by atoms with van der Waals surface area (Å²) in [5, 5.41) is 13.7. The van der Waals surface area contributed by atoms with E-state index in [1.54, 1.807) is 46.8 Å². The minimum atomic E-state index is -0.779. The lowest BCUT2D eigenvalue weighted by molar-refractivity contribution is -0.384. The molecule has 8 nitrogen and oxygen atoms in total. The molecule has 2 atom stereocenters. The molecule has 0 fully saturated rings. The van der Waals surface area contributed by atoms with Crippen LogP contribution in [0, 0.1) is 10.1 Å². The largest absolute Gasteiger partial charge is 0.465 e. The lowest BCUT2D eigenvalue weighted by atomic mass is 10.0. The van der Waals surface area contributed by atoms with E-state index < -0.39 is 34.5 Å².